The quantitative estimate of drug-likeness (QED) is 0.582. The topological polar surface area (TPSA) is 65.1 Å². The number of ether oxygens (including phenoxy) is 3. The summed E-state index contributed by atoms with van der Waals surface area (Å²) >= 11 is 0. The number of morpholine rings is 1. The lowest BCUT2D eigenvalue weighted by Crippen LogP contribution is -2.42. The molecular weight excluding hydrogens is 365 g/mol. The fourth-order valence-corrected chi connectivity index (χ4v) is 2.66. The number of carbonyl (C=O) groups is 2. The van der Waals surface area contributed by atoms with E-state index in [1.807, 2.05) is 0 Å². The lowest BCUT2D eigenvalue weighted by atomic mass is 10.1. The molecular formula is C21H20FNO5. The van der Waals surface area contributed by atoms with Gasteiger partial charge in [0, 0.05) is 19.2 Å². The van der Waals surface area contributed by atoms with Gasteiger partial charge >= 0.3 is 6.09 Å². The van der Waals surface area contributed by atoms with Crippen molar-refractivity contribution in [2.75, 3.05) is 33.4 Å². The number of ketones is 1. The van der Waals surface area contributed by atoms with Crippen molar-refractivity contribution < 1.29 is 28.2 Å². The highest BCUT2D eigenvalue weighted by Gasteiger charge is 2.21. The molecule has 1 saturated heterocycles. The molecule has 0 unspecified atom stereocenters. The SMILES string of the molecule is COc1ccc(C(=O)C=Cc2ccc(F)cc2)c(OC(=O)N2CCOCC2)c1. The van der Waals surface area contributed by atoms with Crippen molar-refractivity contribution in [3.8, 4) is 11.5 Å². The van der Waals surface area contributed by atoms with E-state index in [-0.39, 0.29) is 22.9 Å². The molecule has 2 aromatic rings. The van der Waals surface area contributed by atoms with Crippen LogP contribution in [0.25, 0.3) is 6.08 Å². The predicted octanol–water partition coefficient (Wildman–Crippen LogP) is 3.56. The summed E-state index contributed by atoms with van der Waals surface area (Å²) in [5.74, 6) is -0.124. The molecule has 3 rings (SSSR count). The van der Waals surface area contributed by atoms with Gasteiger partial charge in [0.05, 0.1) is 25.9 Å². The molecule has 0 saturated carbocycles. The summed E-state index contributed by atoms with van der Waals surface area (Å²) in [6.45, 7) is 1.74. The number of hydrogen-bond donors (Lipinski definition) is 0. The Balaban J connectivity index is 1.80. The summed E-state index contributed by atoms with van der Waals surface area (Å²) in [6, 6.07) is 10.4. The molecule has 0 radical (unpaired) electrons. The van der Waals surface area contributed by atoms with Gasteiger partial charge in [-0.25, -0.2) is 9.18 Å². The summed E-state index contributed by atoms with van der Waals surface area (Å²) in [5.41, 5.74) is 0.899. The number of rotatable bonds is 5. The Morgan fingerprint density at radius 2 is 1.82 bits per heavy atom. The van der Waals surface area contributed by atoms with E-state index in [0.29, 0.717) is 37.6 Å². The van der Waals surface area contributed by atoms with Crippen molar-refractivity contribution >= 4 is 18.0 Å². The lowest BCUT2D eigenvalue weighted by Gasteiger charge is -2.26. The van der Waals surface area contributed by atoms with Crippen molar-refractivity contribution in [1.29, 1.82) is 0 Å². The van der Waals surface area contributed by atoms with Gasteiger partial charge in [0.1, 0.15) is 17.3 Å². The number of hydrogen-bond acceptors (Lipinski definition) is 5. The average molecular weight is 385 g/mol. The van der Waals surface area contributed by atoms with Crippen molar-refractivity contribution in [1.82, 2.24) is 4.90 Å². The minimum atomic E-state index is -0.548. The van der Waals surface area contributed by atoms with E-state index in [9.17, 15) is 14.0 Å². The van der Waals surface area contributed by atoms with E-state index < -0.39 is 6.09 Å². The van der Waals surface area contributed by atoms with Crippen molar-refractivity contribution in [2.45, 2.75) is 0 Å². The smallest absolute Gasteiger partial charge is 0.415 e. The zero-order valence-electron chi connectivity index (χ0n) is 15.4. The Morgan fingerprint density at radius 1 is 1.11 bits per heavy atom. The average Bonchev–Trinajstić information content (AvgIpc) is 2.73. The van der Waals surface area contributed by atoms with Crippen LogP contribution in [0.2, 0.25) is 0 Å². The third-order valence-corrected chi connectivity index (χ3v) is 4.22. The molecule has 7 heteroatoms. The zero-order chi connectivity index (χ0) is 19.9. The predicted molar refractivity (Wildman–Crippen MR) is 101 cm³/mol. The van der Waals surface area contributed by atoms with Gasteiger partial charge in [-0.15, -0.1) is 0 Å². The first-order chi connectivity index (χ1) is 13.6. The Bertz CT molecular complexity index is 873. The third-order valence-electron chi connectivity index (χ3n) is 4.22. The maximum Gasteiger partial charge on any atom is 0.415 e. The molecule has 1 aliphatic heterocycles. The van der Waals surface area contributed by atoms with E-state index in [2.05, 4.69) is 0 Å². The van der Waals surface area contributed by atoms with Gasteiger partial charge in [0.15, 0.2) is 5.78 Å². The fraction of sp³-hybridized carbons (Fsp3) is 0.238. The molecule has 0 aliphatic carbocycles. The van der Waals surface area contributed by atoms with Gasteiger partial charge in [-0.3, -0.25) is 4.79 Å². The standard InChI is InChI=1S/C21H20FNO5/c1-26-17-7-8-18(19(24)9-4-15-2-5-16(22)6-3-15)20(14-17)28-21(25)23-10-12-27-13-11-23/h2-9,14H,10-13H2,1H3. The molecule has 1 fully saturated rings. The normalized spacial score (nSPS) is 14.1. The molecule has 28 heavy (non-hydrogen) atoms. The Morgan fingerprint density at radius 3 is 2.50 bits per heavy atom. The number of amides is 1. The zero-order valence-corrected chi connectivity index (χ0v) is 15.4. The van der Waals surface area contributed by atoms with E-state index in [0.717, 1.165) is 0 Å². The summed E-state index contributed by atoms with van der Waals surface area (Å²) in [4.78, 5) is 26.6. The first-order valence-electron chi connectivity index (χ1n) is 8.77. The monoisotopic (exact) mass is 385 g/mol. The number of methoxy groups -OCH3 is 1. The van der Waals surface area contributed by atoms with Crippen molar-refractivity contribution in [2.24, 2.45) is 0 Å². The number of allylic oxidation sites excluding steroid dienone is 1. The second kappa shape index (κ2) is 9.14. The van der Waals surface area contributed by atoms with E-state index in [4.69, 9.17) is 14.2 Å². The van der Waals surface area contributed by atoms with Crippen LogP contribution in [0.1, 0.15) is 15.9 Å². The van der Waals surface area contributed by atoms with E-state index in [1.54, 1.807) is 24.3 Å². The van der Waals surface area contributed by atoms with E-state index >= 15 is 0 Å². The highest BCUT2D eigenvalue weighted by Crippen LogP contribution is 2.26. The molecule has 1 heterocycles. The number of nitrogens with zero attached hydrogens (tertiary/aromatic N) is 1. The van der Waals surface area contributed by atoms with Crippen LogP contribution >= 0.6 is 0 Å². The van der Waals surface area contributed by atoms with Crippen LogP contribution in [0.5, 0.6) is 11.5 Å². The van der Waals surface area contributed by atoms with Gasteiger partial charge in [0.25, 0.3) is 0 Å². The molecule has 0 bridgehead atoms. The van der Waals surface area contributed by atoms with Crippen molar-refractivity contribution in [3.05, 3.63) is 65.5 Å². The van der Waals surface area contributed by atoms with Crippen LogP contribution in [0.3, 0.4) is 0 Å². The molecule has 0 aromatic heterocycles. The lowest BCUT2D eigenvalue weighted by molar-refractivity contribution is 0.0415. The minimum absolute atomic E-state index is 0.115. The van der Waals surface area contributed by atoms with Crippen LogP contribution in [-0.4, -0.2) is 50.2 Å². The molecule has 0 N–H and O–H groups in total. The summed E-state index contributed by atoms with van der Waals surface area (Å²) < 4.78 is 28.8. The first-order valence-corrected chi connectivity index (χ1v) is 8.77. The van der Waals surface area contributed by atoms with Crippen LogP contribution in [0, 0.1) is 5.82 Å². The number of carbonyl (C=O) groups excluding carboxylic acids is 2. The highest BCUT2D eigenvalue weighted by molar-refractivity contribution is 6.09. The number of benzene rings is 2. The molecule has 1 aliphatic rings. The third kappa shape index (κ3) is 4.95. The first kappa shape index (κ1) is 19.6. The fourth-order valence-electron chi connectivity index (χ4n) is 2.66. The highest BCUT2D eigenvalue weighted by atomic mass is 19.1. The van der Waals surface area contributed by atoms with Crippen LogP contribution in [-0.2, 0) is 4.74 Å². The maximum absolute atomic E-state index is 13.0. The Hall–Kier alpha value is -3.19. The summed E-state index contributed by atoms with van der Waals surface area (Å²) in [7, 11) is 1.48. The second-order valence-corrected chi connectivity index (χ2v) is 6.08. The summed E-state index contributed by atoms with van der Waals surface area (Å²) in [5, 5.41) is 0. The van der Waals surface area contributed by atoms with Gasteiger partial charge in [-0.1, -0.05) is 18.2 Å². The maximum atomic E-state index is 13.0. The minimum Gasteiger partial charge on any atom is -0.497 e. The second-order valence-electron chi connectivity index (χ2n) is 6.08. The van der Waals surface area contributed by atoms with Crippen LogP contribution < -0.4 is 9.47 Å². The molecule has 6 nitrogen and oxygen atoms in total. The summed E-state index contributed by atoms with van der Waals surface area (Å²) in [6.07, 6.45) is 2.37. The number of halogens is 1. The molecule has 0 spiro atoms. The largest absolute Gasteiger partial charge is 0.497 e. The Labute approximate surface area is 162 Å². The van der Waals surface area contributed by atoms with E-state index in [1.165, 1.54) is 42.4 Å². The molecule has 1 amide bonds. The van der Waals surface area contributed by atoms with Crippen LogP contribution in [0.4, 0.5) is 9.18 Å². The van der Waals surface area contributed by atoms with Gasteiger partial charge < -0.3 is 19.1 Å². The van der Waals surface area contributed by atoms with Gasteiger partial charge in [-0.05, 0) is 35.9 Å². The van der Waals surface area contributed by atoms with Gasteiger partial charge in [0.2, 0.25) is 0 Å². The van der Waals surface area contributed by atoms with Gasteiger partial charge in [-0.2, -0.15) is 0 Å². The van der Waals surface area contributed by atoms with Crippen LogP contribution in [0.15, 0.2) is 48.5 Å². The van der Waals surface area contributed by atoms with Crippen molar-refractivity contribution in [3.63, 3.8) is 0 Å². The molecule has 2 aromatic carbocycles. The Kier molecular flexibility index (Phi) is 6.39. The molecule has 146 valence electrons. The molecule has 0 atom stereocenters.